The quantitative estimate of drug-likeness (QED) is 0.349. The molecule has 1 aliphatic heterocycles. The lowest BCUT2D eigenvalue weighted by Gasteiger charge is -2.08. The van der Waals surface area contributed by atoms with E-state index in [9.17, 15) is 0 Å². The third-order valence-electron chi connectivity index (χ3n) is 5.70. The van der Waals surface area contributed by atoms with Crippen molar-refractivity contribution in [3.05, 3.63) is 77.1 Å². The van der Waals surface area contributed by atoms with Crippen LogP contribution in [0, 0.1) is 0 Å². The topological polar surface area (TPSA) is 103 Å². The molecule has 1 aliphatic rings. The molecule has 0 aliphatic carbocycles. The van der Waals surface area contributed by atoms with Crippen molar-refractivity contribution < 1.29 is 13.8 Å². The van der Waals surface area contributed by atoms with Gasteiger partial charge in [-0.15, -0.1) is 0 Å². The molecule has 0 saturated carbocycles. The molecule has 1 atom stereocenters. The van der Waals surface area contributed by atoms with Crippen molar-refractivity contribution in [2.24, 2.45) is 11.5 Å². The molecule has 0 unspecified atom stereocenters. The summed E-state index contributed by atoms with van der Waals surface area (Å²) in [7, 11) is 0. The Morgan fingerprint density at radius 1 is 1.06 bits per heavy atom. The monoisotopic (exact) mass is 448 g/mol. The van der Waals surface area contributed by atoms with Crippen LogP contribution in [0.5, 0.6) is 5.75 Å². The first kappa shape index (κ1) is 20.3. The van der Waals surface area contributed by atoms with Crippen LogP contribution in [0.3, 0.4) is 0 Å². The van der Waals surface area contributed by atoms with Crippen molar-refractivity contribution in [3.8, 4) is 17.1 Å². The second kappa shape index (κ2) is 8.51. The maximum Gasteiger partial charge on any atom is 0.341 e. The molecule has 0 bridgehead atoms. The summed E-state index contributed by atoms with van der Waals surface area (Å²) >= 11 is 5.94. The lowest BCUT2D eigenvalue weighted by atomic mass is 10.1. The van der Waals surface area contributed by atoms with Gasteiger partial charge in [0.1, 0.15) is 12.4 Å². The number of hydrogen-bond acceptors (Lipinski definition) is 4. The van der Waals surface area contributed by atoms with E-state index in [2.05, 4.69) is 10.1 Å². The van der Waals surface area contributed by atoms with Crippen LogP contribution in [0.15, 0.2) is 65.2 Å². The molecule has 4 N–H and O–H groups in total. The zero-order valence-electron chi connectivity index (χ0n) is 17.4. The number of hydrogen-bond donors (Lipinski definition) is 2. The number of nitrogens with zero attached hydrogens (tertiary/aromatic N) is 3. The molecule has 8 heteroatoms. The molecule has 0 spiro atoms. The van der Waals surface area contributed by atoms with E-state index in [0.717, 1.165) is 47.0 Å². The minimum absolute atomic E-state index is 0.0675. The Balaban J connectivity index is 1.34. The lowest BCUT2D eigenvalue weighted by Crippen LogP contribution is -2.35. The van der Waals surface area contributed by atoms with Gasteiger partial charge in [0.25, 0.3) is 5.89 Å². The fourth-order valence-corrected chi connectivity index (χ4v) is 4.15. The summed E-state index contributed by atoms with van der Waals surface area (Å²) in [6.45, 7) is 1.28. The molecule has 1 saturated heterocycles. The van der Waals surface area contributed by atoms with Crippen LogP contribution in [0.4, 0.5) is 0 Å². The highest BCUT2D eigenvalue weighted by Crippen LogP contribution is 2.30. The van der Waals surface area contributed by atoms with Crippen molar-refractivity contribution in [2.45, 2.75) is 25.5 Å². The lowest BCUT2D eigenvalue weighted by molar-refractivity contribution is -0.555. The number of rotatable bonds is 5. The summed E-state index contributed by atoms with van der Waals surface area (Å²) in [5, 5.41) is 7.03. The normalized spacial score (nSPS) is 15.9. The first-order chi connectivity index (χ1) is 15.6. The van der Waals surface area contributed by atoms with Crippen LogP contribution < -0.4 is 16.2 Å². The summed E-state index contributed by atoms with van der Waals surface area (Å²) in [6, 6.07) is 19.6. The third kappa shape index (κ3) is 4.11. The third-order valence-corrected chi connectivity index (χ3v) is 5.95. The predicted molar refractivity (Wildman–Crippen MR) is 124 cm³/mol. The van der Waals surface area contributed by atoms with Gasteiger partial charge < -0.3 is 9.26 Å². The largest absolute Gasteiger partial charge is 0.489 e. The molecule has 1 aromatic heterocycles. The van der Waals surface area contributed by atoms with E-state index in [-0.39, 0.29) is 12.0 Å². The van der Waals surface area contributed by atoms with Gasteiger partial charge in [0.05, 0.1) is 6.54 Å². The summed E-state index contributed by atoms with van der Waals surface area (Å²) < 4.78 is 13.4. The van der Waals surface area contributed by atoms with Crippen LogP contribution in [0.1, 0.15) is 30.3 Å². The van der Waals surface area contributed by atoms with E-state index in [1.807, 2.05) is 65.2 Å². The molecule has 32 heavy (non-hydrogen) atoms. The van der Waals surface area contributed by atoms with Gasteiger partial charge in [0.2, 0.25) is 5.82 Å². The average molecular weight is 449 g/mol. The van der Waals surface area contributed by atoms with E-state index in [0.29, 0.717) is 23.3 Å². The molecular weight excluding hydrogens is 426 g/mol. The van der Waals surface area contributed by atoms with E-state index in [1.54, 1.807) is 0 Å². The highest BCUT2D eigenvalue weighted by molar-refractivity contribution is 6.30. The SMILES string of the molecule is NC(N)=[N+]1CCC[C@H]1c1nc(-c2ccc3cc(OCc4ccc(Cl)cc4)ccc3c2)no1. The summed E-state index contributed by atoms with van der Waals surface area (Å²) in [5.74, 6) is 2.18. The molecule has 5 rings (SSSR count). The minimum atomic E-state index is -0.0675. The second-order valence-electron chi connectivity index (χ2n) is 7.87. The van der Waals surface area contributed by atoms with Crippen LogP contribution >= 0.6 is 11.6 Å². The standard InChI is InChI=1S/C24H22ClN5O2/c25-19-8-3-15(4-9-19)14-31-20-10-7-16-12-18(6-5-17(16)13-20)22-28-23(32-29-22)21-2-1-11-30(21)24(26)27/h3-10,12-13,21H,1-2,11,14H2,(H3,26,27)/p+1/t21-/m0/s1. The Kier molecular flexibility index (Phi) is 5.41. The number of aromatic nitrogens is 2. The minimum Gasteiger partial charge on any atom is -0.489 e. The zero-order chi connectivity index (χ0) is 22.1. The number of nitrogens with two attached hydrogens (primary N) is 2. The van der Waals surface area contributed by atoms with Gasteiger partial charge in [-0.2, -0.15) is 4.98 Å². The first-order valence-electron chi connectivity index (χ1n) is 10.5. The van der Waals surface area contributed by atoms with Gasteiger partial charge in [-0.1, -0.05) is 47.1 Å². The van der Waals surface area contributed by atoms with Crippen molar-refractivity contribution in [2.75, 3.05) is 6.54 Å². The molecule has 4 aromatic rings. The first-order valence-corrected chi connectivity index (χ1v) is 10.8. The highest BCUT2D eigenvalue weighted by atomic mass is 35.5. The van der Waals surface area contributed by atoms with E-state index in [1.165, 1.54) is 0 Å². The highest BCUT2D eigenvalue weighted by Gasteiger charge is 2.31. The van der Waals surface area contributed by atoms with Crippen LogP contribution in [-0.4, -0.2) is 27.2 Å². The Labute approximate surface area is 190 Å². The fourth-order valence-electron chi connectivity index (χ4n) is 4.02. The summed E-state index contributed by atoms with van der Waals surface area (Å²) in [6.07, 6.45) is 1.87. The molecule has 1 fully saturated rings. The average Bonchev–Trinajstić information content (AvgIpc) is 3.48. The Hall–Kier alpha value is -3.58. The maximum atomic E-state index is 5.94. The Morgan fingerprint density at radius 2 is 1.84 bits per heavy atom. The fraction of sp³-hybridized carbons (Fsp3) is 0.208. The molecule has 162 valence electrons. The number of halogens is 1. The zero-order valence-corrected chi connectivity index (χ0v) is 18.1. The number of guanidine groups is 1. The van der Waals surface area contributed by atoms with Gasteiger partial charge >= 0.3 is 5.96 Å². The van der Waals surface area contributed by atoms with E-state index in [4.69, 9.17) is 32.3 Å². The van der Waals surface area contributed by atoms with E-state index >= 15 is 0 Å². The maximum absolute atomic E-state index is 5.94. The second-order valence-corrected chi connectivity index (χ2v) is 8.31. The summed E-state index contributed by atoms with van der Waals surface area (Å²) in [4.78, 5) is 4.61. The molecular formula is C24H23ClN5O2+. The Morgan fingerprint density at radius 3 is 2.66 bits per heavy atom. The van der Waals surface area contributed by atoms with Gasteiger partial charge in [0.15, 0.2) is 6.04 Å². The van der Waals surface area contributed by atoms with Gasteiger partial charge in [-0.25, -0.2) is 0 Å². The predicted octanol–water partition coefficient (Wildman–Crippen LogP) is 4.24. The smallest absolute Gasteiger partial charge is 0.341 e. The van der Waals surface area contributed by atoms with Crippen LogP contribution in [0.25, 0.3) is 22.2 Å². The Bertz CT molecular complexity index is 1300. The van der Waals surface area contributed by atoms with Crippen LogP contribution in [-0.2, 0) is 6.61 Å². The van der Waals surface area contributed by atoms with Gasteiger partial charge in [0, 0.05) is 10.6 Å². The van der Waals surface area contributed by atoms with Crippen molar-refractivity contribution in [3.63, 3.8) is 0 Å². The molecule has 3 aromatic carbocycles. The summed E-state index contributed by atoms with van der Waals surface area (Å²) in [5.41, 5.74) is 13.5. The molecule has 2 heterocycles. The van der Waals surface area contributed by atoms with Crippen molar-refractivity contribution >= 4 is 28.3 Å². The van der Waals surface area contributed by atoms with Gasteiger partial charge in [-0.05, 0) is 59.5 Å². The number of benzene rings is 3. The van der Waals surface area contributed by atoms with Crippen molar-refractivity contribution in [1.82, 2.24) is 10.1 Å². The van der Waals surface area contributed by atoms with Gasteiger partial charge in [-0.3, -0.25) is 16.0 Å². The number of ether oxygens (including phenoxy) is 1. The van der Waals surface area contributed by atoms with Crippen LogP contribution in [0.2, 0.25) is 5.02 Å². The van der Waals surface area contributed by atoms with E-state index < -0.39 is 0 Å². The molecule has 0 radical (unpaired) electrons. The number of fused-ring (bicyclic) bond motifs is 1. The van der Waals surface area contributed by atoms with Crippen molar-refractivity contribution in [1.29, 1.82) is 0 Å². The molecule has 0 amide bonds. The molecule has 7 nitrogen and oxygen atoms in total.